The number of rotatable bonds is 10. The van der Waals surface area contributed by atoms with Crippen molar-refractivity contribution in [3.8, 4) is 11.5 Å². The summed E-state index contributed by atoms with van der Waals surface area (Å²) in [5.74, 6) is -0.262. The summed E-state index contributed by atoms with van der Waals surface area (Å²) in [4.78, 5) is 25.0. The molecule has 0 fully saturated rings. The molecular formula is C28H23Cl2N3O5S. The summed E-state index contributed by atoms with van der Waals surface area (Å²) in [7, 11) is -4.08. The molecule has 0 saturated carbocycles. The lowest BCUT2D eigenvalue weighted by molar-refractivity contribution is -0.120. The van der Waals surface area contributed by atoms with Gasteiger partial charge < -0.3 is 15.4 Å². The van der Waals surface area contributed by atoms with Gasteiger partial charge in [0.1, 0.15) is 11.5 Å². The Balaban J connectivity index is 1.42. The molecule has 0 aliphatic carbocycles. The van der Waals surface area contributed by atoms with Crippen molar-refractivity contribution in [3.05, 3.63) is 118 Å². The van der Waals surface area contributed by atoms with Gasteiger partial charge in [0.15, 0.2) is 0 Å². The van der Waals surface area contributed by atoms with Gasteiger partial charge in [0.25, 0.3) is 15.9 Å². The molecule has 2 amide bonds. The van der Waals surface area contributed by atoms with Crippen LogP contribution in [-0.4, -0.2) is 26.8 Å². The van der Waals surface area contributed by atoms with Gasteiger partial charge in [0.2, 0.25) is 5.91 Å². The van der Waals surface area contributed by atoms with E-state index in [2.05, 4.69) is 15.4 Å². The highest BCUT2D eigenvalue weighted by molar-refractivity contribution is 7.92. The Bertz CT molecular complexity index is 1580. The average Bonchev–Trinajstić information content (AvgIpc) is 2.93. The highest BCUT2D eigenvalue weighted by Crippen LogP contribution is 2.30. The number of hydrogen-bond donors (Lipinski definition) is 3. The van der Waals surface area contributed by atoms with Crippen LogP contribution in [0.3, 0.4) is 0 Å². The number of sulfonamides is 1. The van der Waals surface area contributed by atoms with Gasteiger partial charge >= 0.3 is 0 Å². The third kappa shape index (κ3) is 7.73. The Morgan fingerprint density at radius 1 is 0.795 bits per heavy atom. The van der Waals surface area contributed by atoms with Gasteiger partial charge in [-0.3, -0.25) is 14.3 Å². The smallest absolute Gasteiger partial charge is 0.261 e. The molecule has 4 aromatic carbocycles. The molecule has 0 heterocycles. The molecule has 200 valence electrons. The molecule has 3 N–H and O–H groups in total. The zero-order chi connectivity index (χ0) is 27.8. The first-order valence-corrected chi connectivity index (χ1v) is 13.9. The van der Waals surface area contributed by atoms with Gasteiger partial charge in [-0.05, 0) is 60.2 Å². The highest BCUT2D eigenvalue weighted by atomic mass is 35.5. The fourth-order valence-corrected chi connectivity index (χ4v) is 4.88. The first-order chi connectivity index (χ1) is 18.7. The van der Waals surface area contributed by atoms with Crippen LogP contribution < -0.4 is 20.1 Å². The van der Waals surface area contributed by atoms with E-state index in [1.165, 1.54) is 42.5 Å². The molecule has 0 radical (unpaired) electrons. The first-order valence-electron chi connectivity index (χ1n) is 11.6. The number of nitrogens with one attached hydrogen (secondary N) is 3. The van der Waals surface area contributed by atoms with Gasteiger partial charge in [-0.2, -0.15) is 0 Å². The van der Waals surface area contributed by atoms with E-state index < -0.39 is 21.8 Å². The Morgan fingerprint density at radius 2 is 1.49 bits per heavy atom. The summed E-state index contributed by atoms with van der Waals surface area (Å²) in [5.41, 5.74) is 0.866. The average molecular weight is 584 g/mol. The van der Waals surface area contributed by atoms with Crippen molar-refractivity contribution in [1.82, 2.24) is 10.6 Å². The van der Waals surface area contributed by atoms with E-state index in [9.17, 15) is 18.0 Å². The second-order valence-corrected chi connectivity index (χ2v) is 10.8. The van der Waals surface area contributed by atoms with Crippen LogP contribution in [0.1, 0.15) is 15.9 Å². The molecule has 0 saturated heterocycles. The maximum Gasteiger partial charge on any atom is 0.261 e. The Hall–Kier alpha value is -4.05. The van der Waals surface area contributed by atoms with Crippen LogP contribution in [0.4, 0.5) is 5.69 Å². The van der Waals surface area contributed by atoms with Crippen LogP contribution in [0.15, 0.2) is 102 Å². The van der Waals surface area contributed by atoms with E-state index in [1.54, 1.807) is 24.3 Å². The summed E-state index contributed by atoms with van der Waals surface area (Å²) >= 11 is 12.2. The quantitative estimate of drug-likeness (QED) is 0.224. The molecule has 0 aliphatic rings. The SMILES string of the molecule is O=C(CNC(=O)c1cc(Cl)ccc1NS(=O)(=O)c1ccc(Oc2ccccc2Cl)cc1)NCc1ccccc1. The van der Waals surface area contributed by atoms with E-state index in [4.69, 9.17) is 27.9 Å². The number of hydrogen-bond acceptors (Lipinski definition) is 5. The minimum Gasteiger partial charge on any atom is -0.456 e. The fourth-order valence-electron chi connectivity index (χ4n) is 3.45. The van der Waals surface area contributed by atoms with E-state index in [-0.39, 0.29) is 27.7 Å². The maximum absolute atomic E-state index is 13.1. The monoisotopic (exact) mass is 583 g/mol. The number of halogens is 2. The molecule has 4 rings (SSSR count). The lowest BCUT2D eigenvalue weighted by atomic mass is 10.1. The minimum atomic E-state index is -4.08. The number of carbonyl (C=O) groups excluding carboxylic acids is 2. The van der Waals surface area contributed by atoms with Crippen LogP contribution in [-0.2, 0) is 21.4 Å². The highest BCUT2D eigenvalue weighted by Gasteiger charge is 2.20. The van der Waals surface area contributed by atoms with Crippen LogP contribution in [0.5, 0.6) is 11.5 Å². The van der Waals surface area contributed by atoms with Gasteiger partial charge in [-0.1, -0.05) is 65.7 Å². The van der Waals surface area contributed by atoms with Crippen molar-refractivity contribution in [3.63, 3.8) is 0 Å². The Labute approximate surface area is 236 Å². The largest absolute Gasteiger partial charge is 0.456 e. The number of anilines is 1. The van der Waals surface area contributed by atoms with E-state index in [1.807, 2.05) is 30.3 Å². The molecule has 4 aromatic rings. The molecule has 0 bridgehead atoms. The molecule has 8 nitrogen and oxygen atoms in total. The number of benzene rings is 4. The van der Waals surface area contributed by atoms with Crippen molar-refractivity contribution in [2.24, 2.45) is 0 Å². The van der Waals surface area contributed by atoms with Crippen molar-refractivity contribution < 1.29 is 22.7 Å². The molecule has 0 aromatic heterocycles. The van der Waals surface area contributed by atoms with Gasteiger partial charge in [-0.15, -0.1) is 0 Å². The van der Waals surface area contributed by atoms with Crippen molar-refractivity contribution in [1.29, 1.82) is 0 Å². The third-order valence-electron chi connectivity index (χ3n) is 5.41. The molecule has 0 atom stereocenters. The predicted molar refractivity (Wildman–Crippen MR) is 151 cm³/mol. The number of para-hydroxylation sites is 1. The number of ether oxygens (including phenoxy) is 1. The standard InChI is InChI=1S/C28H23Cl2N3O5S/c29-20-10-15-25(23(16-20)28(35)32-18-27(34)31-17-19-6-2-1-3-7-19)33-39(36,37)22-13-11-21(12-14-22)38-26-9-5-4-8-24(26)30/h1-16,33H,17-18H2,(H,31,34)(H,32,35). The van der Waals surface area contributed by atoms with Gasteiger partial charge in [-0.25, -0.2) is 8.42 Å². The Morgan fingerprint density at radius 3 is 2.21 bits per heavy atom. The number of carbonyl (C=O) groups is 2. The topological polar surface area (TPSA) is 114 Å². The second-order valence-electron chi connectivity index (χ2n) is 8.24. The lowest BCUT2D eigenvalue weighted by Gasteiger charge is -2.14. The zero-order valence-corrected chi connectivity index (χ0v) is 22.7. The van der Waals surface area contributed by atoms with Crippen LogP contribution in [0, 0.1) is 0 Å². The fraction of sp³-hybridized carbons (Fsp3) is 0.0714. The molecule has 0 aliphatic heterocycles. The lowest BCUT2D eigenvalue weighted by Crippen LogP contribution is -2.37. The summed E-state index contributed by atoms with van der Waals surface area (Å²) < 4.78 is 34.3. The van der Waals surface area contributed by atoms with E-state index >= 15 is 0 Å². The normalized spacial score (nSPS) is 10.9. The van der Waals surface area contributed by atoms with Crippen LogP contribution in [0.2, 0.25) is 10.0 Å². The summed E-state index contributed by atoms with van der Waals surface area (Å²) in [6.07, 6.45) is 0. The molecule has 39 heavy (non-hydrogen) atoms. The molecule has 0 spiro atoms. The molecule has 11 heteroatoms. The summed E-state index contributed by atoms with van der Waals surface area (Å²) in [6.45, 7) is -0.00274. The van der Waals surface area contributed by atoms with Crippen molar-refractivity contribution >= 4 is 50.7 Å². The minimum absolute atomic E-state index is 0.00186. The number of amides is 2. The maximum atomic E-state index is 13.1. The van der Waals surface area contributed by atoms with Crippen LogP contribution >= 0.6 is 23.2 Å². The first kappa shape index (κ1) is 28.0. The second kappa shape index (κ2) is 12.7. The van der Waals surface area contributed by atoms with E-state index in [0.29, 0.717) is 23.1 Å². The van der Waals surface area contributed by atoms with Crippen molar-refractivity contribution in [2.75, 3.05) is 11.3 Å². The Kier molecular flexibility index (Phi) is 9.08. The van der Waals surface area contributed by atoms with Crippen LogP contribution in [0.25, 0.3) is 0 Å². The zero-order valence-electron chi connectivity index (χ0n) is 20.4. The molecule has 0 unspecified atom stereocenters. The van der Waals surface area contributed by atoms with Crippen molar-refractivity contribution in [2.45, 2.75) is 11.4 Å². The van der Waals surface area contributed by atoms with Gasteiger partial charge in [0, 0.05) is 11.6 Å². The predicted octanol–water partition coefficient (Wildman–Crippen LogP) is 5.63. The molecular weight excluding hydrogens is 561 g/mol. The third-order valence-corrected chi connectivity index (χ3v) is 7.34. The summed E-state index contributed by atoms with van der Waals surface area (Å²) in [5, 5.41) is 5.83. The van der Waals surface area contributed by atoms with Gasteiger partial charge in [0.05, 0.1) is 27.7 Å². The van der Waals surface area contributed by atoms with E-state index in [0.717, 1.165) is 5.56 Å². The summed E-state index contributed by atoms with van der Waals surface area (Å²) in [6, 6.07) is 26.0.